The highest BCUT2D eigenvalue weighted by Gasteiger charge is 2.30. The summed E-state index contributed by atoms with van der Waals surface area (Å²) in [5.74, 6) is -2.97. The first-order chi connectivity index (χ1) is 23.8. The second-order valence-electron chi connectivity index (χ2n) is 12.3. The zero-order valence-electron chi connectivity index (χ0n) is 27.9. The van der Waals surface area contributed by atoms with Crippen molar-refractivity contribution < 1.29 is 34.2 Å². The number of nitrogens with two attached hydrogens (primary N) is 5. The van der Waals surface area contributed by atoms with Gasteiger partial charge >= 0.3 is 0 Å². The molecule has 6 atom stereocenters. The molecular formula is C33H50N10O7. The van der Waals surface area contributed by atoms with E-state index >= 15 is 0 Å². The molecule has 0 saturated heterocycles. The average molecular weight is 699 g/mol. The third-order valence-electron chi connectivity index (χ3n) is 8.23. The van der Waals surface area contributed by atoms with Crippen LogP contribution in [0.3, 0.4) is 0 Å². The maximum atomic E-state index is 13.6. The summed E-state index contributed by atoms with van der Waals surface area (Å²) in [6.45, 7) is 0.466. The van der Waals surface area contributed by atoms with E-state index in [0.29, 0.717) is 11.1 Å². The van der Waals surface area contributed by atoms with Crippen LogP contribution in [-0.2, 0) is 36.8 Å². The van der Waals surface area contributed by atoms with E-state index in [0.717, 1.165) is 11.1 Å². The number of benzene rings is 2. The lowest BCUT2D eigenvalue weighted by molar-refractivity contribution is -0.133. The molecule has 0 saturated carbocycles. The lowest BCUT2D eigenvalue weighted by atomic mass is 9.96. The predicted octanol–water partition coefficient (Wildman–Crippen LogP) is -4.09. The van der Waals surface area contributed by atoms with E-state index in [9.17, 15) is 34.2 Å². The largest absolute Gasteiger partial charge is 0.508 e. The first-order valence-corrected chi connectivity index (χ1v) is 16.5. The second-order valence-corrected chi connectivity index (χ2v) is 12.3. The molecule has 5 amide bonds. The minimum Gasteiger partial charge on any atom is -0.508 e. The highest BCUT2D eigenvalue weighted by molar-refractivity contribution is 5.93. The summed E-state index contributed by atoms with van der Waals surface area (Å²) in [7, 11) is 0. The van der Waals surface area contributed by atoms with E-state index in [1.807, 2.05) is 12.1 Å². The van der Waals surface area contributed by atoms with Gasteiger partial charge in [0.15, 0.2) is 0 Å². The Morgan fingerprint density at radius 2 is 1.48 bits per heavy atom. The molecule has 1 aliphatic rings. The molecule has 0 aromatic heterocycles. The topological polar surface area (TPSA) is 316 Å². The first kappa shape index (κ1) is 39.8. The number of carbonyl (C=O) groups excluding carboxylic acids is 5. The van der Waals surface area contributed by atoms with Crippen molar-refractivity contribution in [3.8, 4) is 16.9 Å². The highest BCUT2D eigenvalue weighted by Crippen LogP contribution is 2.28. The van der Waals surface area contributed by atoms with Gasteiger partial charge in [0.05, 0.1) is 24.2 Å². The number of phenols is 1. The van der Waals surface area contributed by atoms with Gasteiger partial charge in [0.2, 0.25) is 29.5 Å². The molecule has 274 valence electrons. The molecule has 0 radical (unpaired) electrons. The number of nitrogens with one attached hydrogen (secondary N) is 5. The van der Waals surface area contributed by atoms with Crippen molar-refractivity contribution in [2.24, 2.45) is 28.7 Å². The number of amides is 5. The molecule has 0 spiro atoms. The summed E-state index contributed by atoms with van der Waals surface area (Å²) in [6, 6.07) is 6.79. The van der Waals surface area contributed by atoms with Crippen molar-refractivity contribution in [2.75, 3.05) is 32.7 Å². The molecule has 2 aromatic rings. The van der Waals surface area contributed by atoms with Gasteiger partial charge in [-0.05, 0) is 47.2 Å². The minimum absolute atomic E-state index is 0.0158. The molecule has 3 rings (SSSR count). The van der Waals surface area contributed by atoms with Gasteiger partial charge in [0.25, 0.3) is 0 Å². The maximum absolute atomic E-state index is 13.6. The van der Waals surface area contributed by atoms with E-state index in [1.165, 1.54) is 6.07 Å². The zero-order valence-corrected chi connectivity index (χ0v) is 27.9. The van der Waals surface area contributed by atoms with Gasteiger partial charge in [-0.15, -0.1) is 0 Å². The predicted molar refractivity (Wildman–Crippen MR) is 186 cm³/mol. The molecule has 2 aromatic carbocycles. The van der Waals surface area contributed by atoms with E-state index < -0.39 is 59.9 Å². The van der Waals surface area contributed by atoms with Crippen molar-refractivity contribution in [3.05, 3.63) is 53.6 Å². The van der Waals surface area contributed by atoms with Gasteiger partial charge in [-0.3, -0.25) is 24.0 Å². The maximum Gasteiger partial charge on any atom is 0.243 e. The van der Waals surface area contributed by atoms with Gasteiger partial charge < -0.3 is 65.5 Å². The summed E-state index contributed by atoms with van der Waals surface area (Å²) in [5.41, 5.74) is 31.6. The molecule has 0 aliphatic carbocycles. The Balaban J connectivity index is 1.75. The fourth-order valence-electron chi connectivity index (χ4n) is 5.28. The Kier molecular flexibility index (Phi) is 15.5. The lowest BCUT2D eigenvalue weighted by Crippen LogP contribution is -2.57. The Hall–Kier alpha value is -4.65. The number of phenolic OH excluding ortho intramolecular Hbond substituents is 1. The van der Waals surface area contributed by atoms with Crippen LogP contribution in [0.5, 0.6) is 5.75 Å². The number of carbonyl (C=O) groups is 5. The average Bonchev–Trinajstić information content (AvgIpc) is 3.10. The molecule has 1 heterocycles. The van der Waals surface area contributed by atoms with Crippen LogP contribution < -0.4 is 55.3 Å². The molecule has 0 unspecified atom stereocenters. The van der Waals surface area contributed by atoms with Crippen molar-refractivity contribution in [2.45, 2.75) is 68.4 Å². The van der Waals surface area contributed by atoms with Crippen LogP contribution >= 0.6 is 0 Å². The Labute approximate surface area is 290 Å². The molecule has 4 bridgehead atoms. The van der Waals surface area contributed by atoms with E-state index in [2.05, 4.69) is 26.6 Å². The summed E-state index contributed by atoms with van der Waals surface area (Å²) in [5, 5.41) is 33.9. The molecular weight excluding hydrogens is 648 g/mol. The monoisotopic (exact) mass is 698 g/mol. The number of rotatable bonds is 14. The zero-order chi connectivity index (χ0) is 36.8. The van der Waals surface area contributed by atoms with Gasteiger partial charge in [-0.2, -0.15) is 0 Å². The van der Waals surface area contributed by atoms with Crippen molar-refractivity contribution >= 4 is 29.5 Å². The highest BCUT2D eigenvalue weighted by atomic mass is 16.3. The van der Waals surface area contributed by atoms with Crippen LogP contribution in [0.25, 0.3) is 11.1 Å². The van der Waals surface area contributed by atoms with Gasteiger partial charge in [-0.25, -0.2) is 0 Å². The van der Waals surface area contributed by atoms with E-state index in [4.69, 9.17) is 28.7 Å². The number of aliphatic hydroxyl groups excluding tert-OH is 1. The van der Waals surface area contributed by atoms with Crippen LogP contribution in [0.15, 0.2) is 42.5 Å². The minimum atomic E-state index is -1.30. The number of aromatic hydroxyl groups is 1. The quantitative estimate of drug-likeness (QED) is 0.0896. The summed E-state index contributed by atoms with van der Waals surface area (Å²) in [4.78, 5) is 64.6. The molecule has 17 nitrogen and oxygen atoms in total. The smallest absolute Gasteiger partial charge is 0.243 e. The third kappa shape index (κ3) is 12.0. The van der Waals surface area contributed by atoms with Gasteiger partial charge in [0, 0.05) is 52.0 Å². The van der Waals surface area contributed by atoms with Crippen LogP contribution in [0.1, 0.15) is 30.4 Å². The molecule has 17 heteroatoms. The van der Waals surface area contributed by atoms with Crippen molar-refractivity contribution in [1.82, 2.24) is 26.6 Å². The van der Waals surface area contributed by atoms with E-state index in [-0.39, 0.29) is 76.5 Å². The number of aliphatic hydroxyl groups is 1. The number of fused-ring (bicyclic) bond motifs is 5. The number of hydrogen-bond acceptors (Lipinski definition) is 12. The van der Waals surface area contributed by atoms with Gasteiger partial charge in [0.1, 0.15) is 17.8 Å². The first-order valence-electron chi connectivity index (χ1n) is 16.5. The van der Waals surface area contributed by atoms with Gasteiger partial charge in [-0.1, -0.05) is 30.3 Å². The standard InChI is InChI=1S/C33H50N10O7/c34-8-11-41-30(47)24(37)6-9-39-29(46)23(36)7-10-40-32(49)26-13-18-2-1-3-19(12-18)20-4-5-28(45)21(14-20)15-25(38)31(48)42-27(33(50)43-26)16-22(44)17-35/h1-5,12,14,22-27,44-45H,6-11,13,15-17,34-38H2,(H,39,46)(H,40,49)(H,41,47)(H,42,48)(H,43,50)/t22-,23+,24+,25+,26+,27+/m1/s1. The summed E-state index contributed by atoms with van der Waals surface area (Å²) < 4.78 is 0. The fraction of sp³-hybridized carbons (Fsp3) is 0.485. The lowest BCUT2D eigenvalue weighted by Gasteiger charge is -2.25. The van der Waals surface area contributed by atoms with Crippen LogP contribution in [0.2, 0.25) is 0 Å². The van der Waals surface area contributed by atoms with Crippen LogP contribution in [0.4, 0.5) is 0 Å². The summed E-state index contributed by atoms with van der Waals surface area (Å²) in [6.07, 6.45) is -1.16. The van der Waals surface area contributed by atoms with E-state index in [1.54, 1.807) is 24.3 Å². The second kappa shape index (κ2) is 19.5. The van der Waals surface area contributed by atoms with Crippen LogP contribution in [0, 0.1) is 0 Å². The Morgan fingerprint density at radius 3 is 2.14 bits per heavy atom. The third-order valence-corrected chi connectivity index (χ3v) is 8.23. The normalized spacial score (nSPS) is 19.8. The fourth-order valence-corrected chi connectivity index (χ4v) is 5.28. The number of hydrogen-bond donors (Lipinski definition) is 12. The molecule has 1 aliphatic heterocycles. The SMILES string of the molecule is NCCNC(=O)[C@@H](N)CCNC(=O)[C@@H](N)CCNC(=O)[C@@H]1Cc2cccc(c2)-c2ccc(O)c(c2)C[C@H](N)C(=O)N[C@@H](C[C@@H](O)CN)C(=O)N1. The Bertz CT molecular complexity index is 1490. The van der Waals surface area contributed by atoms with Crippen molar-refractivity contribution in [3.63, 3.8) is 0 Å². The summed E-state index contributed by atoms with van der Waals surface area (Å²) >= 11 is 0. The Morgan fingerprint density at radius 1 is 0.840 bits per heavy atom. The molecule has 50 heavy (non-hydrogen) atoms. The van der Waals surface area contributed by atoms with Crippen LogP contribution in [-0.4, -0.2) is 109 Å². The molecule has 0 fully saturated rings. The molecule has 17 N–H and O–H groups in total. The van der Waals surface area contributed by atoms with Crippen molar-refractivity contribution in [1.29, 1.82) is 0 Å².